The smallest absolute Gasteiger partial charge is 0.170 e. The Labute approximate surface area is 104 Å². The van der Waals surface area contributed by atoms with Crippen molar-refractivity contribution < 1.29 is 9.13 Å². The van der Waals surface area contributed by atoms with Crippen LogP contribution in [0.2, 0.25) is 5.02 Å². The first-order chi connectivity index (χ1) is 7.63. The summed E-state index contributed by atoms with van der Waals surface area (Å²) in [5.74, 6) is -0.381. The highest BCUT2D eigenvalue weighted by molar-refractivity contribution is 7.80. The number of anilines is 1. The number of benzene rings is 1. The first kappa shape index (κ1) is 13.2. The maximum Gasteiger partial charge on any atom is 0.170 e. The Balaban J connectivity index is 2.49. The van der Waals surface area contributed by atoms with Gasteiger partial charge in [0.15, 0.2) is 5.11 Å². The molecule has 1 rings (SSSR count). The van der Waals surface area contributed by atoms with Crippen LogP contribution >= 0.6 is 23.8 Å². The normalized spacial score (nSPS) is 9.94. The minimum Gasteiger partial charge on any atom is -0.383 e. The van der Waals surface area contributed by atoms with Crippen molar-refractivity contribution in [2.75, 3.05) is 25.6 Å². The fraction of sp³-hybridized carbons (Fsp3) is 0.300. The molecule has 0 radical (unpaired) electrons. The van der Waals surface area contributed by atoms with Crippen molar-refractivity contribution in [3.05, 3.63) is 29.0 Å². The van der Waals surface area contributed by atoms with E-state index in [1.54, 1.807) is 7.11 Å². The quantitative estimate of drug-likeness (QED) is 0.645. The molecule has 0 unspecified atom stereocenters. The fourth-order valence-electron chi connectivity index (χ4n) is 1.02. The van der Waals surface area contributed by atoms with Gasteiger partial charge in [0.25, 0.3) is 0 Å². The van der Waals surface area contributed by atoms with Crippen molar-refractivity contribution in [2.45, 2.75) is 0 Å². The van der Waals surface area contributed by atoms with Gasteiger partial charge in [0.1, 0.15) is 5.82 Å². The summed E-state index contributed by atoms with van der Waals surface area (Å²) in [6.45, 7) is 1.15. The van der Waals surface area contributed by atoms with Gasteiger partial charge in [-0.1, -0.05) is 11.6 Å². The van der Waals surface area contributed by atoms with Crippen LogP contribution in [0.25, 0.3) is 0 Å². The van der Waals surface area contributed by atoms with E-state index in [-0.39, 0.29) is 10.8 Å². The average molecular weight is 263 g/mol. The van der Waals surface area contributed by atoms with Crippen LogP contribution in [0.15, 0.2) is 18.2 Å². The third-order valence-corrected chi connectivity index (χ3v) is 2.33. The lowest BCUT2D eigenvalue weighted by molar-refractivity contribution is 0.204. The molecule has 1 aromatic carbocycles. The van der Waals surface area contributed by atoms with Crippen molar-refractivity contribution >= 4 is 34.6 Å². The van der Waals surface area contributed by atoms with Crippen LogP contribution in [-0.2, 0) is 4.74 Å². The Bertz CT molecular complexity index is 376. The second kappa shape index (κ2) is 6.62. The summed E-state index contributed by atoms with van der Waals surface area (Å²) in [6.07, 6.45) is 0. The Kier molecular flexibility index (Phi) is 5.45. The summed E-state index contributed by atoms with van der Waals surface area (Å²) >= 11 is 10.8. The van der Waals surface area contributed by atoms with Crippen LogP contribution in [0.5, 0.6) is 0 Å². The minimum atomic E-state index is -0.381. The molecule has 0 aliphatic carbocycles. The first-order valence-corrected chi connectivity index (χ1v) is 5.41. The van der Waals surface area contributed by atoms with Crippen LogP contribution in [0, 0.1) is 5.82 Å². The molecule has 0 saturated heterocycles. The first-order valence-electron chi connectivity index (χ1n) is 4.62. The summed E-state index contributed by atoms with van der Waals surface area (Å²) in [6, 6.07) is 4.07. The summed E-state index contributed by atoms with van der Waals surface area (Å²) < 4.78 is 17.6. The molecule has 2 N–H and O–H groups in total. The van der Waals surface area contributed by atoms with Crippen LogP contribution in [-0.4, -0.2) is 25.4 Å². The molecule has 0 heterocycles. The van der Waals surface area contributed by atoms with Gasteiger partial charge < -0.3 is 15.4 Å². The molecule has 0 aliphatic heterocycles. The molecule has 0 aromatic heterocycles. The molecule has 0 fully saturated rings. The summed E-state index contributed by atoms with van der Waals surface area (Å²) in [5, 5.41) is 6.49. The van der Waals surface area contributed by atoms with Crippen LogP contribution < -0.4 is 10.6 Å². The zero-order valence-electron chi connectivity index (χ0n) is 8.72. The van der Waals surface area contributed by atoms with E-state index in [1.807, 2.05) is 0 Å². The molecule has 1 aromatic rings. The molecule has 88 valence electrons. The summed E-state index contributed by atoms with van der Waals surface area (Å²) in [7, 11) is 1.61. The maximum absolute atomic E-state index is 12.8. The number of thiocarbonyl (C=S) groups is 1. The van der Waals surface area contributed by atoms with E-state index in [1.165, 1.54) is 18.2 Å². The topological polar surface area (TPSA) is 33.3 Å². The van der Waals surface area contributed by atoms with Gasteiger partial charge in [0.05, 0.1) is 17.3 Å². The highest BCUT2D eigenvalue weighted by Crippen LogP contribution is 2.22. The monoisotopic (exact) mass is 262 g/mol. The molecule has 0 bridgehead atoms. The van der Waals surface area contributed by atoms with Crippen molar-refractivity contribution in [3.63, 3.8) is 0 Å². The zero-order chi connectivity index (χ0) is 12.0. The van der Waals surface area contributed by atoms with E-state index in [9.17, 15) is 4.39 Å². The Hall–Kier alpha value is -0.910. The largest absolute Gasteiger partial charge is 0.383 e. The second-order valence-electron chi connectivity index (χ2n) is 3.00. The van der Waals surface area contributed by atoms with Crippen molar-refractivity contribution in [1.29, 1.82) is 0 Å². The van der Waals surface area contributed by atoms with E-state index in [4.69, 9.17) is 28.6 Å². The molecule has 0 amide bonds. The van der Waals surface area contributed by atoms with Gasteiger partial charge in [-0.15, -0.1) is 0 Å². The SMILES string of the molecule is COCCNC(=S)Nc1ccc(F)cc1Cl. The van der Waals surface area contributed by atoms with Gasteiger partial charge in [-0.25, -0.2) is 4.39 Å². The molecule has 6 heteroatoms. The average Bonchev–Trinajstić information content (AvgIpc) is 2.23. The van der Waals surface area contributed by atoms with E-state index in [2.05, 4.69) is 10.6 Å². The molecule has 16 heavy (non-hydrogen) atoms. The van der Waals surface area contributed by atoms with E-state index < -0.39 is 0 Å². The fourth-order valence-corrected chi connectivity index (χ4v) is 1.45. The maximum atomic E-state index is 12.8. The van der Waals surface area contributed by atoms with Gasteiger partial charge in [-0.05, 0) is 30.4 Å². The van der Waals surface area contributed by atoms with E-state index in [0.717, 1.165) is 0 Å². The highest BCUT2D eigenvalue weighted by atomic mass is 35.5. The van der Waals surface area contributed by atoms with Crippen molar-refractivity contribution in [2.24, 2.45) is 0 Å². The highest BCUT2D eigenvalue weighted by Gasteiger charge is 2.03. The summed E-state index contributed by atoms with van der Waals surface area (Å²) in [5.41, 5.74) is 0.568. The molecule has 3 nitrogen and oxygen atoms in total. The Morgan fingerprint density at radius 1 is 1.56 bits per heavy atom. The minimum absolute atomic E-state index is 0.288. The predicted molar refractivity (Wildman–Crippen MR) is 67.5 cm³/mol. The molecule has 0 atom stereocenters. The molecule has 0 saturated carbocycles. The number of hydrogen-bond acceptors (Lipinski definition) is 2. The molecular weight excluding hydrogens is 251 g/mol. The number of nitrogens with one attached hydrogen (secondary N) is 2. The van der Waals surface area contributed by atoms with Gasteiger partial charge in [0.2, 0.25) is 0 Å². The van der Waals surface area contributed by atoms with Crippen LogP contribution in [0.1, 0.15) is 0 Å². The lowest BCUT2D eigenvalue weighted by atomic mass is 10.3. The van der Waals surface area contributed by atoms with Crippen LogP contribution in [0.4, 0.5) is 10.1 Å². The predicted octanol–water partition coefficient (Wildman–Crippen LogP) is 2.41. The van der Waals surface area contributed by atoms with Crippen molar-refractivity contribution in [1.82, 2.24) is 5.32 Å². The third kappa shape index (κ3) is 4.30. The summed E-state index contributed by atoms with van der Waals surface area (Å²) in [4.78, 5) is 0. The van der Waals surface area contributed by atoms with Gasteiger partial charge in [0, 0.05) is 13.7 Å². The zero-order valence-corrected chi connectivity index (χ0v) is 10.3. The number of hydrogen-bond donors (Lipinski definition) is 2. The lowest BCUT2D eigenvalue weighted by Gasteiger charge is -2.11. The van der Waals surface area contributed by atoms with E-state index >= 15 is 0 Å². The lowest BCUT2D eigenvalue weighted by Crippen LogP contribution is -2.31. The van der Waals surface area contributed by atoms with Gasteiger partial charge in [-0.3, -0.25) is 0 Å². The van der Waals surface area contributed by atoms with E-state index in [0.29, 0.717) is 24.0 Å². The van der Waals surface area contributed by atoms with Crippen molar-refractivity contribution in [3.8, 4) is 0 Å². The number of rotatable bonds is 4. The number of methoxy groups -OCH3 is 1. The molecule has 0 spiro atoms. The van der Waals surface area contributed by atoms with Gasteiger partial charge >= 0.3 is 0 Å². The molecular formula is C10H12ClFN2OS. The van der Waals surface area contributed by atoms with Crippen LogP contribution in [0.3, 0.4) is 0 Å². The standard InChI is InChI=1S/C10H12ClFN2OS/c1-15-5-4-13-10(16)14-9-3-2-7(12)6-8(9)11/h2-3,6H,4-5H2,1H3,(H2,13,14,16). The second-order valence-corrected chi connectivity index (χ2v) is 3.81. The van der Waals surface area contributed by atoms with Gasteiger partial charge in [-0.2, -0.15) is 0 Å². The Morgan fingerprint density at radius 3 is 2.94 bits per heavy atom. The number of halogens is 2. The third-order valence-electron chi connectivity index (χ3n) is 1.77. The Morgan fingerprint density at radius 2 is 2.31 bits per heavy atom. The molecule has 0 aliphatic rings. The number of ether oxygens (including phenoxy) is 1.